The fourth-order valence-corrected chi connectivity index (χ4v) is 17.7. The Morgan fingerprint density at radius 2 is 0.573 bits per heavy atom. The van der Waals surface area contributed by atoms with Crippen molar-refractivity contribution in [3.05, 3.63) is 90.6 Å². The van der Waals surface area contributed by atoms with Gasteiger partial charge in [0.2, 0.25) is 0 Å². The van der Waals surface area contributed by atoms with E-state index in [1.165, 1.54) is 263 Å². The zero-order chi connectivity index (χ0) is 63.4. The number of unbranched alkanes of at least 4 members (excludes halogenated alkanes) is 32. The third-order valence-corrected chi connectivity index (χ3v) is 24.3. The summed E-state index contributed by atoms with van der Waals surface area (Å²) in [7, 11) is 0. The number of amides is 2. The molecule has 0 saturated carbocycles. The Morgan fingerprint density at radius 1 is 0.315 bits per heavy atom. The molecule has 2 atom stereocenters. The van der Waals surface area contributed by atoms with Crippen LogP contribution in [-0.4, -0.2) is 24.9 Å². The smallest absolute Gasteiger partial charge is 0.260 e. The maximum atomic E-state index is 16.0. The molecule has 0 bridgehead atoms. The van der Waals surface area contributed by atoms with E-state index in [9.17, 15) is 0 Å². The zero-order valence-corrected chi connectivity index (χ0v) is 61.0. The summed E-state index contributed by atoms with van der Waals surface area (Å²) in [5.74, 6) is 1.16. The van der Waals surface area contributed by atoms with E-state index in [0.717, 1.165) is 79.4 Å². The van der Waals surface area contributed by atoms with Gasteiger partial charge in [-0.3, -0.25) is 9.59 Å². The van der Waals surface area contributed by atoms with Crippen molar-refractivity contribution in [1.82, 2.24) is 0 Å². The van der Waals surface area contributed by atoms with Crippen molar-refractivity contribution >= 4 is 79.1 Å². The molecule has 0 radical (unpaired) electrons. The predicted molar refractivity (Wildman–Crippen MR) is 397 cm³/mol. The number of thiophene rings is 3. The van der Waals surface area contributed by atoms with Crippen LogP contribution in [-0.2, 0) is 20.4 Å². The van der Waals surface area contributed by atoms with Gasteiger partial charge in [-0.2, -0.15) is 0 Å². The molecular formula is C82H126N2O2S3. The molecule has 7 heteroatoms. The fraction of sp³-hybridized carbons (Fsp3) is 0.683. The Balaban J connectivity index is 1.27. The highest BCUT2D eigenvalue weighted by atomic mass is 32.1. The number of nitrogens with zero attached hydrogens (tertiary/aromatic N) is 2. The number of carbonyl (C=O) groups is 2. The van der Waals surface area contributed by atoms with Crippen LogP contribution < -0.4 is 20.2 Å². The van der Waals surface area contributed by atoms with Crippen LogP contribution in [0.1, 0.15) is 346 Å². The van der Waals surface area contributed by atoms with Crippen LogP contribution in [0.5, 0.6) is 0 Å². The molecule has 2 aliphatic heterocycles. The number of anilines is 2. The van der Waals surface area contributed by atoms with Crippen molar-refractivity contribution in [3.63, 3.8) is 0 Å². The lowest BCUT2D eigenvalue weighted by molar-refractivity contribution is -0.114. The SMILES string of the molecule is CCCCCCCCCCCCC(CCCCCCCCCC)CN1C(=O)C(c2ccc(-c3ccc(C(C)(C)C)s3)s2)=c2ccc3c4c(ccc3c21)=C(c1ccc(C(C)(C)C)s1)C(=O)N4CC(CCCCCCCCCC)CCCCCCCCCCCC. The first kappa shape index (κ1) is 72.9. The molecule has 2 unspecified atom stereocenters. The lowest BCUT2D eigenvalue weighted by Gasteiger charge is -2.28. The van der Waals surface area contributed by atoms with Crippen LogP contribution in [0.15, 0.2) is 60.7 Å². The van der Waals surface area contributed by atoms with Gasteiger partial charge in [-0.1, -0.05) is 325 Å². The van der Waals surface area contributed by atoms with Crippen molar-refractivity contribution in [2.24, 2.45) is 11.8 Å². The van der Waals surface area contributed by atoms with E-state index in [1.54, 1.807) is 22.7 Å². The molecule has 0 aliphatic carbocycles. The number of rotatable bonds is 47. The molecule has 3 aromatic heterocycles. The van der Waals surface area contributed by atoms with Crippen LogP contribution >= 0.6 is 34.0 Å². The summed E-state index contributed by atoms with van der Waals surface area (Å²) >= 11 is 5.47. The minimum absolute atomic E-state index is 0.0138. The van der Waals surface area contributed by atoms with Crippen molar-refractivity contribution in [1.29, 1.82) is 0 Å². The van der Waals surface area contributed by atoms with E-state index in [2.05, 4.69) is 140 Å². The third-order valence-electron chi connectivity index (χ3n) is 19.9. The predicted octanol–water partition coefficient (Wildman–Crippen LogP) is 25.3. The van der Waals surface area contributed by atoms with Gasteiger partial charge in [0.1, 0.15) is 0 Å². The maximum absolute atomic E-state index is 16.0. The molecule has 0 N–H and O–H groups in total. The normalized spacial score (nSPS) is 14.4. The summed E-state index contributed by atoms with van der Waals surface area (Å²) in [5, 5.41) is 4.37. The van der Waals surface area contributed by atoms with Crippen LogP contribution in [0.3, 0.4) is 0 Å². The van der Waals surface area contributed by atoms with Gasteiger partial charge in [-0.05, 0) is 84.7 Å². The van der Waals surface area contributed by atoms with E-state index < -0.39 is 0 Å². The second-order valence-electron chi connectivity index (χ2n) is 29.8. The summed E-state index contributed by atoms with van der Waals surface area (Å²) in [6, 6.07) is 22.8. The number of hydrogen-bond donors (Lipinski definition) is 0. The molecule has 0 fully saturated rings. The van der Waals surface area contributed by atoms with Gasteiger partial charge in [0, 0.05) is 63.6 Å². The van der Waals surface area contributed by atoms with Gasteiger partial charge in [0.05, 0.1) is 22.5 Å². The minimum Gasteiger partial charge on any atom is -0.307 e. The summed E-state index contributed by atoms with van der Waals surface area (Å²) in [6.45, 7) is 24.5. The van der Waals surface area contributed by atoms with Crippen LogP contribution in [0.25, 0.3) is 31.7 Å². The molecule has 5 aromatic rings. The van der Waals surface area contributed by atoms with Gasteiger partial charge in [0.25, 0.3) is 11.8 Å². The van der Waals surface area contributed by atoms with E-state index in [-0.39, 0.29) is 22.6 Å². The summed E-state index contributed by atoms with van der Waals surface area (Å²) in [4.78, 5) is 43.7. The third kappa shape index (κ3) is 22.0. The van der Waals surface area contributed by atoms with E-state index in [0.29, 0.717) is 11.8 Å². The van der Waals surface area contributed by atoms with Crippen molar-refractivity contribution in [2.75, 3.05) is 22.9 Å². The van der Waals surface area contributed by atoms with E-state index in [1.807, 2.05) is 11.3 Å². The first-order valence-electron chi connectivity index (χ1n) is 37.5. The Kier molecular flexibility index (Phi) is 31.6. The van der Waals surface area contributed by atoms with Gasteiger partial charge < -0.3 is 9.80 Å². The quantitative estimate of drug-likeness (QED) is 0.0364. The molecule has 0 saturated heterocycles. The Hall–Kier alpha value is -3.52. The monoisotopic (exact) mass is 1270 g/mol. The number of carbonyl (C=O) groups excluding carboxylic acids is 2. The zero-order valence-electron chi connectivity index (χ0n) is 58.6. The molecular weight excluding hydrogens is 1140 g/mol. The van der Waals surface area contributed by atoms with Crippen molar-refractivity contribution in [3.8, 4) is 9.75 Å². The van der Waals surface area contributed by atoms with Crippen molar-refractivity contribution in [2.45, 2.75) is 337 Å². The van der Waals surface area contributed by atoms with Gasteiger partial charge in [-0.25, -0.2) is 0 Å². The van der Waals surface area contributed by atoms with Gasteiger partial charge in [0.15, 0.2) is 0 Å². The van der Waals surface area contributed by atoms with Crippen LogP contribution in [0.2, 0.25) is 0 Å². The summed E-state index contributed by atoms with van der Waals surface area (Å²) < 4.78 is 0. The molecule has 5 heterocycles. The molecule has 89 heavy (non-hydrogen) atoms. The molecule has 7 rings (SSSR count). The lowest BCUT2D eigenvalue weighted by atomic mass is 9.92. The fourth-order valence-electron chi connectivity index (χ4n) is 14.4. The topological polar surface area (TPSA) is 40.6 Å². The highest BCUT2D eigenvalue weighted by molar-refractivity contribution is 7.23. The highest BCUT2D eigenvalue weighted by Gasteiger charge is 2.38. The van der Waals surface area contributed by atoms with Crippen LogP contribution in [0.4, 0.5) is 11.4 Å². The van der Waals surface area contributed by atoms with Crippen LogP contribution in [0, 0.1) is 11.8 Å². The first-order chi connectivity index (χ1) is 43.2. The average Bonchev–Trinajstić information content (AvgIpc) is 1.59. The molecule has 2 aliphatic rings. The largest absolute Gasteiger partial charge is 0.307 e. The minimum atomic E-state index is -0.0138. The lowest BCUT2D eigenvalue weighted by Crippen LogP contribution is -2.34. The number of fused-ring (bicyclic) bond motifs is 5. The molecule has 2 aromatic carbocycles. The Morgan fingerprint density at radius 3 is 0.888 bits per heavy atom. The number of benzene rings is 2. The highest BCUT2D eigenvalue weighted by Crippen LogP contribution is 2.44. The van der Waals surface area contributed by atoms with Gasteiger partial charge >= 0.3 is 0 Å². The molecule has 0 spiro atoms. The summed E-state index contributed by atoms with van der Waals surface area (Å²) in [5.41, 5.74) is 3.93. The van der Waals surface area contributed by atoms with Crippen molar-refractivity contribution < 1.29 is 9.59 Å². The Labute approximate surface area is 557 Å². The number of hydrogen-bond acceptors (Lipinski definition) is 5. The van der Waals surface area contributed by atoms with E-state index >= 15 is 9.59 Å². The maximum Gasteiger partial charge on any atom is 0.260 e. The Bertz CT molecular complexity index is 2990. The molecule has 2 amide bonds. The average molecular weight is 1270 g/mol. The standard InChI is InChI=1S/C82H126N2O2S3/c1-11-15-19-23-27-31-33-37-41-45-49-63(47-43-39-35-29-25-21-17-13-3)61-83-77-65-52-54-68-76(72-58-60-74(89-72)82(8,9)10)80(86)84(62-64(48-44-40-36-30-26-22-18-14-4)50-46-42-38-34-32-28-24-20-16-12-2)78(68)66(65)51-53-67(77)75(79(83)85)71-56-55-69(87-71)70-57-59-73(88-70)81(5,6)7/h51-60,63-64H,11-50,61-62H2,1-10H3. The second kappa shape index (κ2) is 38.6. The molecule has 494 valence electrons. The van der Waals surface area contributed by atoms with Gasteiger partial charge in [-0.15, -0.1) is 34.0 Å². The van der Waals surface area contributed by atoms with E-state index in [4.69, 9.17) is 0 Å². The summed E-state index contributed by atoms with van der Waals surface area (Å²) in [6.07, 6.45) is 52.4. The molecule has 4 nitrogen and oxygen atoms in total. The first-order valence-corrected chi connectivity index (χ1v) is 39.9. The second-order valence-corrected chi connectivity index (χ2v) is 33.0.